The van der Waals surface area contributed by atoms with E-state index < -0.39 is 0 Å². The second-order valence-electron chi connectivity index (χ2n) is 5.32. The van der Waals surface area contributed by atoms with Gasteiger partial charge in [0.1, 0.15) is 0 Å². The first-order chi connectivity index (χ1) is 8.24. The summed E-state index contributed by atoms with van der Waals surface area (Å²) in [4.78, 5) is 4.02. The molecule has 1 aliphatic carbocycles. The molecule has 0 radical (unpaired) electrons. The van der Waals surface area contributed by atoms with Crippen molar-refractivity contribution in [2.75, 3.05) is 20.1 Å². The number of hydrogen-bond acceptors (Lipinski definition) is 3. The predicted octanol–water partition coefficient (Wildman–Crippen LogP) is 3.26. The standard InChI is InChI=1S/C13H19BrN2S/c1-16-5-4-9(7-15-11-2-3-11)13(16)12-6-10(14)8-17-12/h6,8-9,11,13,15H,2-5,7H2,1H3. The average Bonchev–Trinajstić information content (AvgIpc) is 2.93. The van der Waals surface area contributed by atoms with Crippen LogP contribution in [0.25, 0.3) is 0 Å². The molecule has 0 amide bonds. The zero-order valence-electron chi connectivity index (χ0n) is 10.2. The molecule has 2 heterocycles. The smallest absolute Gasteiger partial charge is 0.0479 e. The molecule has 2 unspecified atom stereocenters. The van der Waals surface area contributed by atoms with Crippen molar-refractivity contribution in [3.63, 3.8) is 0 Å². The number of thiophene rings is 1. The maximum atomic E-state index is 3.69. The lowest BCUT2D eigenvalue weighted by atomic mass is 9.99. The van der Waals surface area contributed by atoms with Gasteiger partial charge in [0.05, 0.1) is 0 Å². The Morgan fingerprint density at radius 1 is 1.47 bits per heavy atom. The molecule has 1 aromatic rings. The van der Waals surface area contributed by atoms with Gasteiger partial charge in [0.15, 0.2) is 0 Å². The van der Waals surface area contributed by atoms with Crippen molar-refractivity contribution >= 4 is 27.3 Å². The summed E-state index contributed by atoms with van der Waals surface area (Å²) < 4.78 is 1.23. The van der Waals surface area contributed by atoms with E-state index in [-0.39, 0.29) is 0 Å². The van der Waals surface area contributed by atoms with Crippen molar-refractivity contribution in [3.05, 3.63) is 20.8 Å². The Balaban J connectivity index is 1.69. The van der Waals surface area contributed by atoms with E-state index in [2.05, 4.69) is 44.6 Å². The minimum absolute atomic E-state index is 0.623. The Hall–Kier alpha value is 0.1000. The molecule has 94 valence electrons. The highest BCUT2D eigenvalue weighted by Crippen LogP contribution is 2.39. The molecular weight excluding hydrogens is 296 g/mol. The van der Waals surface area contributed by atoms with Gasteiger partial charge in [-0.3, -0.25) is 4.90 Å². The van der Waals surface area contributed by atoms with Crippen molar-refractivity contribution < 1.29 is 0 Å². The molecule has 2 atom stereocenters. The Labute approximate surface area is 116 Å². The van der Waals surface area contributed by atoms with E-state index in [9.17, 15) is 0 Å². The quantitative estimate of drug-likeness (QED) is 0.917. The van der Waals surface area contributed by atoms with Crippen LogP contribution in [0.3, 0.4) is 0 Å². The van der Waals surface area contributed by atoms with E-state index in [1.807, 2.05) is 11.3 Å². The number of likely N-dealkylation sites (tertiary alicyclic amines) is 1. The summed E-state index contributed by atoms with van der Waals surface area (Å²) in [5.41, 5.74) is 0. The summed E-state index contributed by atoms with van der Waals surface area (Å²) in [6.45, 7) is 2.42. The summed E-state index contributed by atoms with van der Waals surface area (Å²) in [6, 6.07) is 3.75. The zero-order chi connectivity index (χ0) is 11.8. The van der Waals surface area contributed by atoms with Crippen LogP contribution < -0.4 is 5.32 Å². The maximum absolute atomic E-state index is 3.69. The predicted molar refractivity (Wildman–Crippen MR) is 76.5 cm³/mol. The van der Waals surface area contributed by atoms with E-state index in [0.717, 1.165) is 12.0 Å². The summed E-state index contributed by atoms with van der Waals surface area (Å²) >= 11 is 5.46. The second kappa shape index (κ2) is 5.00. The lowest BCUT2D eigenvalue weighted by Crippen LogP contribution is -2.29. The van der Waals surface area contributed by atoms with E-state index in [1.165, 1.54) is 41.7 Å². The van der Waals surface area contributed by atoms with Gasteiger partial charge in [-0.25, -0.2) is 0 Å². The molecule has 1 saturated carbocycles. The summed E-state index contributed by atoms with van der Waals surface area (Å²) in [5, 5.41) is 5.89. The van der Waals surface area contributed by atoms with Crippen molar-refractivity contribution in [3.8, 4) is 0 Å². The summed E-state index contributed by atoms with van der Waals surface area (Å²) in [7, 11) is 2.26. The molecule has 0 spiro atoms. The third kappa shape index (κ3) is 2.75. The fourth-order valence-electron chi connectivity index (χ4n) is 2.78. The Kier molecular flexibility index (Phi) is 3.57. The normalized spacial score (nSPS) is 30.0. The lowest BCUT2D eigenvalue weighted by Gasteiger charge is -2.24. The molecule has 1 aromatic heterocycles. The molecule has 2 nitrogen and oxygen atoms in total. The Bertz CT molecular complexity index is 389. The van der Waals surface area contributed by atoms with E-state index in [1.54, 1.807) is 0 Å². The topological polar surface area (TPSA) is 15.3 Å². The largest absolute Gasteiger partial charge is 0.314 e. The van der Waals surface area contributed by atoms with Gasteiger partial charge >= 0.3 is 0 Å². The number of nitrogens with one attached hydrogen (secondary N) is 1. The van der Waals surface area contributed by atoms with Gasteiger partial charge < -0.3 is 5.32 Å². The fraction of sp³-hybridized carbons (Fsp3) is 0.692. The molecule has 1 aliphatic heterocycles. The van der Waals surface area contributed by atoms with Crippen LogP contribution in [0.2, 0.25) is 0 Å². The molecule has 3 rings (SSSR count). The van der Waals surface area contributed by atoms with Gasteiger partial charge in [0.2, 0.25) is 0 Å². The van der Waals surface area contributed by atoms with Crippen molar-refractivity contribution in [1.82, 2.24) is 10.2 Å². The molecule has 17 heavy (non-hydrogen) atoms. The molecular formula is C13H19BrN2S. The van der Waals surface area contributed by atoms with Crippen LogP contribution in [-0.4, -0.2) is 31.1 Å². The van der Waals surface area contributed by atoms with Crippen LogP contribution in [0.5, 0.6) is 0 Å². The van der Waals surface area contributed by atoms with Crippen molar-refractivity contribution in [2.45, 2.75) is 31.3 Å². The van der Waals surface area contributed by atoms with E-state index in [0.29, 0.717) is 6.04 Å². The van der Waals surface area contributed by atoms with E-state index in [4.69, 9.17) is 0 Å². The Morgan fingerprint density at radius 3 is 2.94 bits per heavy atom. The van der Waals surface area contributed by atoms with Gasteiger partial charge in [-0.2, -0.15) is 0 Å². The van der Waals surface area contributed by atoms with Crippen molar-refractivity contribution in [1.29, 1.82) is 0 Å². The molecule has 2 aliphatic rings. The number of nitrogens with zero attached hydrogens (tertiary/aromatic N) is 1. The monoisotopic (exact) mass is 314 g/mol. The van der Waals surface area contributed by atoms with Gasteiger partial charge in [-0.05, 0) is 60.8 Å². The van der Waals surface area contributed by atoms with Crippen LogP contribution in [0.4, 0.5) is 0 Å². The van der Waals surface area contributed by atoms with Gasteiger partial charge in [0.25, 0.3) is 0 Å². The average molecular weight is 315 g/mol. The molecule has 0 aromatic carbocycles. The van der Waals surface area contributed by atoms with Crippen LogP contribution in [-0.2, 0) is 0 Å². The number of hydrogen-bond donors (Lipinski definition) is 1. The first-order valence-electron chi connectivity index (χ1n) is 6.41. The molecule has 1 N–H and O–H groups in total. The SMILES string of the molecule is CN1CCC(CNC2CC2)C1c1cc(Br)cs1. The van der Waals surface area contributed by atoms with E-state index >= 15 is 0 Å². The minimum Gasteiger partial charge on any atom is -0.314 e. The molecule has 2 fully saturated rings. The lowest BCUT2D eigenvalue weighted by molar-refractivity contribution is 0.276. The van der Waals surface area contributed by atoms with Gasteiger partial charge in [0, 0.05) is 33.4 Å². The molecule has 1 saturated heterocycles. The highest BCUT2D eigenvalue weighted by atomic mass is 79.9. The third-order valence-electron chi connectivity index (χ3n) is 3.90. The van der Waals surface area contributed by atoms with Crippen LogP contribution in [0.15, 0.2) is 15.9 Å². The second-order valence-corrected chi connectivity index (χ2v) is 7.18. The number of rotatable bonds is 4. The zero-order valence-corrected chi connectivity index (χ0v) is 12.6. The van der Waals surface area contributed by atoms with Crippen LogP contribution in [0, 0.1) is 5.92 Å². The van der Waals surface area contributed by atoms with Crippen LogP contribution >= 0.6 is 27.3 Å². The maximum Gasteiger partial charge on any atom is 0.0479 e. The first kappa shape index (κ1) is 12.2. The highest BCUT2D eigenvalue weighted by molar-refractivity contribution is 9.10. The summed E-state index contributed by atoms with van der Waals surface area (Å²) in [5.74, 6) is 0.783. The highest BCUT2D eigenvalue weighted by Gasteiger charge is 2.34. The number of halogens is 1. The van der Waals surface area contributed by atoms with Crippen molar-refractivity contribution in [2.24, 2.45) is 5.92 Å². The fourth-order valence-corrected chi connectivity index (χ4v) is 4.48. The Morgan fingerprint density at radius 2 is 2.29 bits per heavy atom. The summed E-state index contributed by atoms with van der Waals surface area (Å²) in [6.07, 6.45) is 4.10. The van der Waals surface area contributed by atoms with Gasteiger partial charge in [-0.1, -0.05) is 0 Å². The first-order valence-corrected chi connectivity index (χ1v) is 8.09. The molecule has 4 heteroatoms. The van der Waals surface area contributed by atoms with Gasteiger partial charge in [-0.15, -0.1) is 11.3 Å². The third-order valence-corrected chi connectivity index (χ3v) is 5.66. The minimum atomic E-state index is 0.623. The molecule has 0 bridgehead atoms. The van der Waals surface area contributed by atoms with Crippen LogP contribution in [0.1, 0.15) is 30.2 Å².